The maximum absolute atomic E-state index is 12.9. The van der Waals surface area contributed by atoms with E-state index in [9.17, 15) is 28.0 Å². The third-order valence-corrected chi connectivity index (χ3v) is 4.61. The smallest absolute Gasteiger partial charge is 0.422 e. The molecule has 0 radical (unpaired) electrons. The summed E-state index contributed by atoms with van der Waals surface area (Å²) in [4.78, 5) is 25.7. The summed E-state index contributed by atoms with van der Waals surface area (Å²) in [5.41, 5.74) is 0.187. The molecule has 2 aromatic rings. The number of nitriles is 1. The molecule has 0 heterocycles. The van der Waals surface area contributed by atoms with Gasteiger partial charge in [-0.25, -0.2) is 0 Å². The van der Waals surface area contributed by atoms with Crippen molar-refractivity contribution in [2.75, 3.05) is 26.1 Å². The zero-order valence-corrected chi connectivity index (χ0v) is 18.9. The number of hydrogen-bond acceptors (Lipinski definition) is 6. The van der Waals surface area contributed by atoms with Crippen molar-refractivity contribution in [3.8, 4) is 23.3 Å². The van der Waals surface area contributed by atoms with Gasteiger partial charge in [-0.3, -0.25) is 9.59 Å². The Kier molecular flexibility index (Phi) is 8.72. The van der Waals surface area contributed by atoms with Crippen LogP contribution in [0.4, 0.5) is 18.9 Å². The molecule has 0 aromatic heterocycles. The first-order chi connectivity index (χ1) is 16.0. The maximum atomic E-state index is 12.9. The largest absolute Gasteiger partial charge is 0.497 e. The van der Waals surface area contributed by atoms with Crippen molar-refractivity contribution < 1.29 is 37.0 Å². The maximum Gasteiger partial charge on any atom is 0.422 e. The Labute approximate surface area is 194 Å². The molecule has 0 fully saturated rings. The minimum atomic E-state index is -4.56. The fourth-order valence-electron chi connectivity index (χ4n) is 2.90. The number of amides is 2. The number of anilines is 1. The second-order valence-electron chi connectivity index (χ2n) is 7.51. The molecule has 0 saturated heterocycles. The van der Waals surface area contributed by atoms with E-state index in [2.05, 4.69) is 15.4 Å². The van der Waals surface area contributed by atoms with Crippen LogP contribution >= 0.6 is 0 Å². The van der Waals surface area contributed by atoms with E-state index in [1.54, 1.807) is 26.0 Å². The van der Waals surface area contributed by atoms with Gasteiger partial charge in [0.25, 0.3) is 5.91 Å². The van der Waals surface area contributed by atoms with Crippen molar-refractivity contribution in [1.29, 1.82) is 5.26 Å². The standard InChI is InChI=1S/C23H24F3N3O5/c1-13(2)20(29-21(30)14-8-17(32-3)10-18(9-14)33-4)22(31)28-16-5-6-19(15(7-16)11-27)34-12-23(24,25)26/h5-10,13,20H,12H2,1-4H3,(H,28,31)(H,29,30). The van der Waals surface area contributed by atoms with Crippen LogP contribution < -0.4 is 24.8 Å². The minimum Gasteiger partial charge on any atom is -0.497 e. The first-order valence-electron chi connectivity index (χ1n) is 10.1. The van der Waals surface area contributed by atoms with E-state index in [0.29, 0.717) is 11.5 Å². The second kappa shape index (κ2) is 11.3. The zero-order valence-electron chi connectivity index (χ0n) is 18.9. The third kappa shape index (κ3) is 7.30. The molecule has 8 nitrogen and oxygen atoms in total. The lowest BCUT2D eigenvalue weighted by Crippen LogP contribution is -2.47. The van der Waals surface area contributed by atoms with Crippen molar-refractivity contribution in [2.45, 2.75) is 26.1 Å². The number of alkyl halides is 3. The van der Waals surface area contributed by atoms with Crippen LogP contribution in [-0.2, 0) is 4.79 Å². The highest BCUT2D eigenvalue weighted by Crippen LogP contribution is 2.26. The average Bonchev–Trinajstić information content (AvgIpc) is 2.79. The topological polar surface area (TPSA) is 110 Å². The van der Waals surface area contributed by atoms with Gasteiger partial charge in [-0.2, -0.15) is 18.4 Å². The Morgan fingerprint density at radius 2 is 1.68 bits per heavy atom. The van der Waals surface area contributed by atoms with Gasteiger partial charge in [-0.1, -0.05) is 13.8 Å². The number of carbonyl (C=O) groups is 2. The van der Waals surface area contributed by atoms with Crippen LogP contribution in [-0.4, -0.2) is 44.9 Å². The summed E-state index contributed by atoms with van der Waals surface area (Å²) < 4.78 is 52.1. The summed E-state index contributed by atoms with van der Waals surface area (Å²) in [5.74, 6) is -0.913. The molecule has 182 valence electrons. The first-order valence-corrected chi connectivity index (χ1v) is 10.1. The molecule has 0 aliphatic carbocycles. The molecule has 2 N–H and O–H groups in total. The monoisotopic (exact) mass is 479 g/mol. The molecular weight excluding hydrogens is 455 g/mol. The van der Waals surface area contributed by atoms with Crippen LogP contribution in [0.2, 0.25) is 0 Å². The summed E-state index contributed by atoms with van der Waals surface area (Å²) in [5, 5.41) is 14.5. The van der Waals surface area contributed by atoms with Crippen LogP contribution in [0.25, 0.3) is 0 Å². The number of benzene rings is 2. The van der Waals surface area contributed by atoms with E-state index < -0.39 is 30.6 Å². The van der Waals surface area contributed by atoms with Crippen LogP contribution in [0, 0.1) is 17.2 Å². The fraction of sp³-hybridized carbons (Fsp3) is 0.348. The van der Waals surface area contributed by atoms with Crippen molar-refractivity contribution in [1.82, 2.24) is 5.32 Å². The number of hydrogen-bond donors (Lipinski definition) is 2. The molecule has 2 amide bonds. The summed E-state index contributed by atoms with van der Waals surface area (Å²) in [6.45, 7) is 1.90. The van der Waals surface area contributed by atoms with E-state index in [0.717, 1.165) is 6.07 Å². The van der Waals surface area contributed by atoms with Crippen LogP contribution in [0.5, 0.6) is 17.2 Å². The number of ether oxygens (including phenoxy) is 3. The first kappa shape index (κ1) is 26.3. The number of halogens is 3. The number of nitrogens with one attached hydrogen (secondary N) is 2. The molecule has 1 atom stereocenters. The Morgan fingerprint density at radius 3 is 2.18 bits per heavy atom. The molecule has 0 aliphatic rings. The van der Waals surface area contributed by atoms with Crippen LogP contribution in [0.1, 0.15) is 29.8 Å². The van der Waals surface area contributed by atoms with Gasteiger partial charge in [0.2, 0.25) is 5.91 Å². The molecule has 0 spiro atoms. The van der Waals surface area contributed by atoms with Crippen LogP contribution in [0.3, 0.4) is 0 Å². The summed E-state index contributed by atoms with van der Waals surface area (Å²) in [6, 6.07) is 9.00. The SMILES string of the molecule is COc1cc(OC)cc(C(=O)NC(C(=O)Nc2ccc(OCC(F)(F)F)c(C#N)c2)C(C)C)c1. The summed E-state index contributed by atoms with van der Waals surface area (Å²) >= 11 is 0. The molecule has 0 bridgehead atoms. The van der Waals surface area contributed by atoms with E-state index in [-0.39, 0.29) is 28.5 Å². The van der Waals surface area contributed by atoms with Crippen molar-refractivity contribution >= 4 is 17.5 Å². The highest BCUT2D eigenvalue weighted by atomic mass is 19.4. The minimum absolute atomic E-state index is 0.156. The summed E-state index contributed by atoms with van der Waals surface area (Å²) in [6.07, 6.45) is -4.56. The van der Waals surface area contributed by atoms with Crippen molar-refractivity contribution in [3.63, 3.8) is 0 Å². The predicted molar refractivity (Wildman–Crippen MR) is 117 cm³/mol. The van der Waals surface area contributed by atoms with Gasteiger partial charge >= 0.3 is 6.18 Å². The van der Waals surface area contributed by atoms with Crippen molar-refractivity contribution in [3.05, 3.63) is 47.5 Å². The van der Waals surface area contributed by atoms with Gasteiger partial charge in [0, 0.05) is 17.3 Å². The molecule has 34 heavy (non-hydrogen) atoms. The Bertz CT molecular complexity index is 1060. The Hall–Kier alpha value is -3.94. The van der Waals surface area contributed by atoms with E-state index in [1.807, 2.05) is 0 Å². The van der Waals surface area contributed by atoms with E-state index >= 15 is 0 Å². The van der Waals surface area contributed by atoms with Gasteiger partial charge in [0.1, 0.15) is 29.4 Å². The fourth-order valence-corrected chi connectivity index (χ4v) is 2.90. The van der Waals surface area contributed by atoms with Gasteiger partial charge in [-0.15, -0.1) is 0 Å². The summed E-state index contributed by atoms with van der Waals surface area (Å²) in [7, 11) is 2.88. The van der Waals surface area contributed by atoms with Crippen LogP contribution in [0.15, 0.2) is 36.4 Å². The van der Waals surface area contributed by atoms with E-state index in [1.165, 1.54) is 38.5 Å². The molecule has 1 unspecified atom stereocenters. The molecular formula is C23H24F3N3O5. The Morgan fingerprint density at radius 1 is 1.06 bits per heavy atom. The van der Waals surface area contributed by atoms with Gasteiger partial charge in [0.05, 0.1) is 19.8 Å². The zero-order chi connectivity index (χ0) is 25.5. The third-order valence-electron chi connectivity index (χ3n) is 4.61. The predicted octanol–water partition coefficient (Wildman–Crippen LogP) is 3.91. The highest BCUT2D eigenvalue weighted by molar-refractivity contribution is 6.01. The number of methoxy groups -OCH3 is 2. The van der Waals surface area contributed by atoms with Gasteiger partial charge in [-0.05, 0) is 36.2 Å². The lowest BCUT2D eigenvalue weighted by atomic mass is 10.0. The van der Waals surface area contributed by atoms with Gasteiger partial charge < -0.3 is 24.8 Å². The number of carbonyl (C=O) groups excluding carboxylic acids is 2. The molecule has 2 rings (SSSR count). The number of nitrogens with zero attached hydrogens (tertiary/aromatic N) is 1. The molecule has 2 aromatic carbocycles. The normalized spacial score (nSPS) is 11.9. The van der Waals surface area contributed by atoms with Crippen molar-refractivity contribution in [2.24, 2.45) is 5.92 Å². The molecule has 11 heteroatoms. The molecule has 0 saturated carbocycles. The average molecular weight is 479 g/mol. The molecule has 0 aliphatic heterocycles. The Balaban J connectivity index is 2.18. The lowest BCUT2D eigenvalue weighted by Gasteiger charge is -2.22. The second-order valence-corrected chi connectivity index (χ2v) is 7.51. The van der Waals surface area contributed by atoms with Gasteiger partial charge in [0.15, 0.2) is 6.61 Å². The highest BCUT2D eigenvalue weighted by Gasteiger charge is 2.29. The quantitative estimate of drug-likeness (QED) is 0.565. The lowest BCUT2D eigenvalue weighted by molar-refractivity contribution is -0.153. The van der Waals surface area contributed by atoms with E-state index in [4.69, 9.17) is 9.47 Å². The number of rotatable bonds is 9.